The van der Waals surface area contributed by atoms with Gasteiger partial charge in [0.1, 0.15) is 0 Å². The Morgan fingerprint density at radius 1 is 1.10 bits per heavy atom. The van der Waals surface area contributed by atoms with E-state index in [-0.39, 0.29) is 0 Å². The quantitative estimate of drug-likeness (QED) is 0.849. The highest BCUT2D eigenvalue weighted by atomic mass is 32.1. The largest absolute Gasteiger partial charge is 0.298 e. The Hall–Kier alpha value is -0.450. The molecule has 1 aliphatic heterocycles. The van der Waals surface area contributed by atoms with Gasteiger partial charge in [0.15, 0.2) is 0 Å². The van der Waals surface area contributed by atoms with Crippen LogP contribution in [0, 0.1) is 6.92 Å². The molecule has 0 N–H and O–H groups in total. The van der Waals surface area contributed by atoms with Crippen molar-refractivity contribution in [3.8, 4) is 0 Å². The molecule has 0 spiro atoms. The molecule has 1 aliphatic carbocycles. The molecule has 1 aromatic rings. The minimum atomic E-state index is 0.887. The molecule has 2 fully saturated rings. The minimum absolute atomic E-state index is 0.887. The fraction of sp³-hybridized carbons (Fsp3) is 0.824. The van der Waals surface area contributed by atoms with Gasteiger partial charge in [-0.15, -0.1) is 11.3 Å². The van der Waals surface area contributed by atoms with Crippen LogP contribution >= 0.6 is 11.3 Å². The Morgan fingerprint density at radius 2 is 1.81 bits per heavy atom. The van der Waals surface area contributed by atoms with Gasteiger partial charge in [0.05, 0.1) is 10.7 Å². The first-order valence-electron chi connectivity index (χ1n) is 8.68. The van der Waals surface area contributed by atoms with Gasteiger partial charge in [0.2, 0.25) is 0 Å². The molecule has 2 aliphatic rings. The lowest BCUT2D eigenvalue weighted by Crippen LogP contribution is -2.50. The Bertz CT molecular complexity index is 443. The third kappa shape index (κ3) is 3.85. The summed E-state index contributed by atoms with van der Waals surface area (Å²) >= 11 is 1.90. The summed E-state index contributed by atoms with van der Waals surface area (Å²) in [6.07, 6.45) is 8.31. The highest BCUT2D eigenvalue weighted by Gasteiger charge is 2.25. The first kappa shape index (κ1) is 15.4. The lowest BCUT2D eigenvalue weighted by Gasteiger charge is -2.40. The van der Waals surface area contributed by atoms with E-state index in [1.165, 1.54) is 73.9 Å². The molecule has 3 rings (SSSR count). The Kier molecular flexibility index (Phi) is 5.30. The standard InChI is InChI=1S/C17H29N3S/c1-3-16-17(21-14(2)18-16)13-19-9-11-20(12-10-19)15-7-5-4-6-8-15/h15H,3-13H2,1-2H3. The molecule has 0 radical (unpaired) electrons. The second kappa shape index (κ2) is 7.21. The van der Waals surface area contributed by atoms with Crippen molar-refractivity contribution in [2.24, 2.45) is 0 Å². The van der Waals surface area contributed by atoms with E-state index in [0.29, 0.717) is 0 Å². The number of rotatable bonds is 4. The molecule has 1 saturated heterocycles. The van der Waals surface area contributed by atoms with Gasteiger partial charge in [-0.25, -0.2) is 4.98 Å². The summed E-state index contributed by atoms with van der Waals surface area (Å²) in [5, 5.41) is 1.22. The Morgan fingerprint density at radius 3 is 2.48 bits per heavy atom. The van der Waals surface area contributed by atoms with E-state index >= 15 is 0 Å². The number of hydrogen-bond acceptors (Lipinski definition) is 4. The van der Waals surface area contributed by atoms with E-state index in [9.17, 15) is 0 Å². The summed E-state index contributed by atoms with van der Waals surface area (Å²) < 4.78 is 0. The van der Waals surface area contributed by atoms with Gasteiger partial charge < -0.3 is 0 Å². The maximum absolute atomic E-state index is 4.66. The summed E-state index contributed by atoms with van der Waals surface area (Å²) in [4.78, 5) is 11.6. The molecule has 21 heavy (non-hydrogen) atoms. The predicted molar refractivity (Wildman–Crippen MR) is 90.0 cm³/mol. The summed E-state index contributed by atoms with van der Waals surface area (Å²) in [6.45, 7) is 10.5. The van der Waals surface area contributed by atoms with Gasteiger partial charge in [-0.2, -0.15) is 0 Å². The van der Waals surface area contributed by atoms with Crippen LogP contribution in [-0.2, 0) is 13.0 Å². The monoisotopic (exact) mass is 307 g/mol. The molecule has 0 unspecified atom stereocenters. The number of thiazole rings is 1. The van der Waals surface area contributed by atoms with Crippen LogP contribution < -0.4 is 0 Å². The molecule has 3 nitrogen and oxygen atoms in total. The van der Waals surface area contributed by atoms with Gasteiger partial charge in [-0.1, -0.05) is 26.2 Å². The molecule has 0 bridgehead atoms. The zero-order valence-electron chi connectivity index (χ0n) is 13.6. The zero-order chi connectivity index (χ0) is 14.7. The topological polar surface area (TPSA) is 19.4 Å². The number of piperazine rings is 1. The van der Waals surface area contributed by atoms with E-state index in [4.69, 9.17) is 0 Å². The van der Waals surface area contributed by atoms with Crippen molar-refractivity contribution in [3.05, 3.63) is 15.6 Å². The molecular formula is C17H29N3S. The number of aromatic nitrogens is 1. The van der Waals surface area contributed by atoms with Gasteiger partial charge in [0.25, 0.3) is 0 Å². The third-order valence-corrected chi connectivity index (χ3v) is 6.08. The van der Waals surface area contributed by atoms with Gasteiger partial charge >= 0.3 is 0 Å². The average Bonchev–Trinajstić information content (AvgIpc) is 2.88. The molecule has 118 valence electrons. The van der Waals surface area contributed by atoms with Crippen LogP contribution in [-0.4, -0.2) is 47.0 Å². The van der Waals surface area contributed by atoms with E-state index in [2.05, 4.69) is 28.6 Å². The van der Waals surface area contributed by atoms with Crippen molar-refractivity contribution in [2.75, 3.05) is 26.2 Å². The van der Waals surface area contributed by atoms with E-state index < -0.39 is 0 Å². The predicted octanol–water partition coefficient (Wildman–Crippen LogP) is 3.46. The van der Waals surface area contributed by atoms with Crippen molar-refractivity contribution in [1.29, 1.82) is 0 Å². The first-order chi connectivity index (χ1) is 10.3. The second-order valence-corrected chi connectivity index (χ2v) is 7.85. The zero-order valence-corrected chi connectivity index (χ0v) is 14.4. The average molecular weight is 308 g/mol. The number of hydrogen-bond donors (Lipinski definition) is 0. The van der Waals surface area contributed by atoms with E-state index in [1.54, 1.807) is 0 Å². The summed E-state index contributed by atoms with van der Waals surface area (Å²) in [6, 6.07) is 0.887. The maximum atomic E-state index is 4.66. The van der Waals surface area contributed by atoms with Crippen molar-refractivity contribution in [2.45, 2.75) is 65.0 Å². The number of aryl methyl sites for hydroxylation is 2. The van der Waals surface area contributed by atoms with Gasteiger partial charge in [-0.3, -0.25) is 9.80 Å². The first-order valence-corrected chi connectivity index (χ1v) is 9.49. The summed E-state index contributed by atoms with van der Waals surface area (Å²) in [5.41, 5.74) is 1.33. The van der Waals surface area contributed by atoms with Gasteiger partial charge in [0, 0.05) is 43.6 Å². The van der Waals surface area contributed by atoms with E-state index in [0.717, 1.165) is 19.0 Å². The van der Waals surface area contributed by atoms with Crippen LogP contribution in [0.25, 0.3) is 0 Å². The van der Waals surface area contributed by atoms with Crippen molar-refractivity contribution < 1.29 is 0 Å². The molecule has 1 aromatic heterocycles. The lowest BCUT2D eigenvalue weighted by atomic mass is 9.94. The van der Waals surface area contributed by atoms with Crippen molar-refractivity contribution in [1.82, 2.24) is 14.8 Å². The highest BCUT2D eigenvalue weighted by molar-refractivity contribution is 7.11. The molecule has 0 atom stereocenters. The van der Waals surface area contributed by atoms with Crippen molar-refractivity contribution in [3.63, 3.8) is 0 Å². The van der Waals surface area contributed by atoms with Crippen LogP contribution in [0.1, 0.15) is 54.6 Å². The Labute approximate surface area is 133 Å². The lowest BCUT2D eigenvalue weighted by molar-refractivity contribution is 0.0758. The molecule has 0 amide bonds. The minimum Gasteiger partial charge on any atom is -0.298 e. The van der Waals surface area contributed by atoms with Crippen LogP contribution in [0.15, 0.2) is 0 Å². The number of nitrogens with zero attached hydrogens (tertiary/aromatic N) is 3. The van der Waals surface area contributed by atoms with E-state index in [1.807, 2.05) is 11.3 Å². The molecule has 0 aromatic carbocycles. The maximum Gasteiger partial charge on any atom is 0.0900 e. The van der Waals surface area contributed by atoms with Crippen molar-refractivity contribution >= 4 is 11.3 Å². The van der Waals surface area contributed by atoms with Crippen LogP contribution in [0.3, 0.4) is 0 Å². The normalized spacial score (nSPS) is 22.8. The fourth-order valence-corrected chi connectivity index (χ4v) is 4.92. The highest BCUT2D eigenvalue weighted by Crippen LogP contribution is 2.25. The van der Waals surface area contributed by atoms with Gasteiger partial charge in [-0.05, 0) is 26.2 Å². The molecule has 1 saturated carbocycles. The SMILES string of the molecule is CCc1nc(C)sc1CN1CCN(C2CCCCC2)CC1. The second-order valence-electron chi connectivity index (χ2n) is 6.56. The van der Waals surface area contributed by atoms with Crippen LogP contribution in [0.5, 0.6) is 0 Å². The third-order valence-electron chi connectivity index (χ3n) is 5.09. The Balaban J connectivity index is 1.51. The summed E-state index contributed by atoms with van der Waals surface area (Å²) in [5.74, 6) is 0. The molecule has 4 heteroatoms. The van der Waals surface area contributed by atoms with Crippen LogP contribution in [0.4, 0.5) is 0 Å². The molecule has 2 heterocycles. The summed E-state index contributed by atoms with van der Waals surface area (Å²) in [7, 11) is 0. The smallest absolute Gasteiger partial charge is 0.0900 e. The van der Waals surface area contributed by atoms with Crippen LogP contribution in [0.2, 0.25) is 0 Å². The molecular weight excluding hydrogens is 278 g/mol. The fourth-order valence-electron chi connectivity index (χ4n) is 3.85.